The number of hydrogen-bond donors (Lipinski definition) is 0. The Bertz CT molecular complexity index is 31.8. The average molecular weight is 131 g/mol. The second-order valence-electron chi connectivity index (χ2n) is 0.908. The number of carbonyl (C=O) groups excluding carboxylic acids is 1. The van der Waals surface area contributed by atoms with E-state index in [1.807, 2.05) is 0 Å². The van der Waals surface area contributed by atoms with Crippen molar-refractivity contribution in [3.8, 4) is 0 Å². The largest absolute Gasteiger partial charge is 0.300 e. The zero-order valence-corrected chi connectivity index (χ0v) is 5.36. The van der Waals surface area contributed by atoms with Crippen molar-refractivity contribution >= 4 is 30.6 Å². The molecule has 0 aliphatic heterocycles. The van der Waals surface area contributed by atoms with E-state index < -0.39 is 0 Å². The molecule has 0 fully saturated rings. The van der Waals surface area contributed by atoms with Gasteiger partial charge in [0.15, 0.2) is 0 Å². The predicted octanol–water partition coefficient (Wildman–Crippen LogP) is 1.44. The van der Waals surface area contributed by atoms with Crippen molar-refractivity contribution in [3.63, 3.8) is 0 Å². The molecule has 40 valence electrons. The smallest absolute Gasteiger partial charge is 0.126 e. The van der Waals surface area contributed by atoms with E-state index in [4.69, 9.17) is 0 Å². The Morgan fingerprint density at radius 2 is 1.17 bits per heavy atom. The van der Waals surface area contributed by atoms with E-state index in [1.165, 1.54) is 13.8 Å². The highest BCUT2D eigenvalue weighted by Crippen LogP contribution is 1.50. The van der Waals surface area contributed by atoms with Gasteiger partial charge in [-0.05, 0) is 13.8 Å². The van der Waals surface area contributed by atoms with E-state index in [-0.39, 0.29) is 30.6 Å². The van der Waals surface area contributed by atoms with E-state index in [2.05, 4.69) is 0 Å². The highest BCUT2D eigenvalue weighted by Gasteiger charge is 1.62. The van der Waals surface area contributed by atoms with E-state index in [0.29, 0.717) is 0 Å². The van der Waals surface area contributed by atoms with Crippen molar-refractivity contribution in [3.05, 3.63) is 0 Å². The van der Waals surface area contributed by atoms with Crippen LogP contribution in [0.15, 0.2) is 0 Å². The molecule has 3 heteroatoms. The minimum absolute atomic E-state index is 0. The molecular formula is C3H8Cl2O. The van der Waals surface area contributed by atoms with Crippen LogP contribution in [0.1, 0.15) is 13.8 Å². The quantitative estimate of drug-likeness (QED) is 0.486. The van der Waals surface area contributed by atoms with E-state index in [0.717, 1.165) is 0 Å². The fourth-order valence-corrected chi connectivity index (χ4v) is 0. The first kappa shape index (κ1) is 16.3. The monoisotopic (exact) mass is 130 g/mol. The Morgan fingerprint density at radius 3 is 1.17 bits per heavy atom. The van der Waals surface area contributed by atoms with Gasteiger partial charge >= 0.3 is 0 Å². The molecule has 0 unspecified atom stereocenters. The molecule has 1 nitrogen and oxygen atoms in total. The summed E-state index contributed by atoms with van der Waals surface area (Å²) in [7, 11) is 0. The van der Waals surface area contributed by atoms with E-state index in [1.54, 1.807) is 0 Å². The van der Waals surface area contributed by atoms with Crippen LogP contribution in [0.5, 0.6) is 0 Å². The summed E-state index contributed by atoms with van der Waals surface area (Å²) in [5, 5.41) is 0. The molecule has 0 saturated carbocycles. The summed E-state index contributed by atoms with van der Waals surface area (Å²) in [5.41, 5.74) is 0. The summed E-state index contributed by atoms with van der Waals surface area (Å²) in [6, 6.07) is 0. The third-order valence-corrected chi connectivity index (χ3v) is 0. The third-order valence-electron chi connectivity index (χ3n) is 0. The first-order valence-corrected chi connectivity index (χ1v) is 1.20. The van der Waals surface area contributed by atoms with Crippen LogP contribution in [0.2, 0.25) is 0 Å². The normalized spacial score (nSPS) is 4.33. The lowest BCUT2D eigenvalue weighted by atomic mass is 10.6. The van der Waals surface area contributed by atoms with Gasteiger partial charge < -0.3 is 4.79 Å². The van der Waals surface area contributed by atoms with Gasteiger partial charge in [0.25, 0.3) is 0 Å². The molecule has 0 N–H and O–H groups in total. The topological polar surface area (TPSA) is 17.1 Å². The molecule has 0 amide bonds. The number of Topliss-reactive ketones (excluding diaryl/α,β-unsaturated/α-hetero) is 1. The van der Waals surface area contributed by atoms with Crippen LogP contribution in [0.4, 0.5) is 0 Å². The van der Waals surface area contributed by atoms with E-state index >= 15 is 0 Å². The second kappa shape index (κ2) is 8.98. The predicted molar refractivity (Wildman–Crippen MR) is 30.9 cm³/mol. The Morgan fingerprint density at radius 1 is 1.17 bits per heavy atom. The number of rotatable bonds is 0. The molecule has 0 aromatic heterocycles. The number of halogens is 2. The number of ketones is 1. The molecule has 0 rings (SSSR count). The summed E-state index contributed by atoms with van der Waals surface area (Å²) in [4.78, 5) is 9.44. The van der Waals surface area contributed by atoms with Crippen LogP contribution >= 0.6 is 24.8 Å². The van der Waals surface area contributed by atoms with Crippen molar-refractivity contribution < 1.29 is 4.79 Å². The van der Waals surface area contributed by atoms with Gasteiger partial charge in [-0.2, -0.15) is 0 Å². The van der Waals surface area contributed by atoms with Crippen molar-refractivity contribution in [2.45, 2.75) is 13.8 Å². The molecule has 0 atom stereocenters. The molecule has 0 radical (unpaired) electrons. The summed E-state index contributed by atoms with van der Waals surface area (Å²) in [5.74, 6) is 0.167. The van der Waals surface area contributed by atoms with Crippen molar-refractivity contribution in [2.75, 3.05) is 0 Å². The molecule has 0 bridgehead atoms. The lowest BCUT2D eigenvalue weighted by molar-refractivity contribution is -0.114. The highest BCUT2D eigenvalue weighted by atomic mass is 35.5. The van der Waals surface area contributed by atoms with E-state index in [9.17, 15) is 4.79 Å². The zero-order chi connectivity index (χ0) is 3.58. The maximum atomic E-state index is 9.44. The van der Waals surface area contributed by atoms with Crippen molar-refractivity contribution in [1.82, 2.24) is 0 Å². The maximum absolute atomic E-state index is 9.44. The zero-order valence-electron chi connectivity index (χ0n) is 3.72. The highest BCUT2D eigenvalue weighted by molar-refractivity contribution is 5.85. The number of hydrogen-bond acceptors (Lipinski definition) is 1. The Kier molecular flexibility index (Phi) is 24.4. The fraction of sp³-hybridized carbons (Fsp3) is 0.667. The van der Waals surface area contributed by atoms with Gasteiger partial charge in [-0.15, -0.1) is 24.8 Å². The lowest BCUT2D eigenvalue weighted by Crippen LogP contribution is -1.69. The molecule has 6 heavy (non-hydrogen) atoms. The van der Waals surface area contributed by atoms with Gasteiger partial charge in [-0.25, -0.2) is 0 Å². The van der Waals surface area contributed by atoms with Crippen LogP contribution in [0.3, 0.4) is 0 Å². The second-order valence-corrected chi connectivity index (χ2v) is 0.908. The van der Waals surface area contributed by atoms with Crippen LogP contribution in [0, 0.1) is 0 Å². The van der Waals surface area contributed by atoms with Gasteiger partial charge in [-0.3, -0.25) is 0 Å². The average Bonchev–Trinajstić information content (AvgIpc) is 0.811. The minimum Gasteiger partial charge on any atom is -0.300 e. The summed E-state index contributed by atoms with van der Waals surface area (Å²) in [6.45, 7) is 3.06. The molecular weight excluding hydrogens is 123 g/mol. The first-order chi connectivity index (χ1) is 1.73. The van der Waals surface area contributed by atoms with Crippen LogP contribution in [0.25, 0.3) is 0 Å². The minimum atomic E-state index is 0. The summed E-state index contributed by atoms with van der Waals surface area (Å²) in [6.07, 6.45) is 0. The Labute approximate surface area is 49.9 Å². The molecule has 0 spiro atoms. The molecule has 0 heterocycles. The first-order valence-electron chi connectivity index (χ1n) is 1.20. The SMILES string of the molecule is CC(C)=O.Cl.Cl. The van der Waals surface area contributed by atoms with Gasteiger partial charge in [-0.1, -0.05) is 0 Å². The van der Waals surface area contributed by atoms with Gasteiger partial charge in [0.2, 0.25) is 0 Å². The Balaban J connectivity index is -0.0000000450. The molecule has 0 aliphatic rings. The van der Waals surface area contributed by atoms with Crippen LogP contribution in [-0.2, 0) is 4.79 Å². The molecule has 0 aromatic rings. The van der Waals surface area contributed by atoms with Gasteiger partial charge in [0.05, 0.1) is 0 Å². The fourth-order valence-electron chi connectivity index (χ4n) is 0. The van der Waals surface area contributed by atoms with Crippen LogP contribution in [-0.4, -0.2) is 5.78 Å². The Hall–Kier alpha value is 0.250. The molecule has 0 aliphatic carbocycles. The summed E-state index contributed by atoms with van der Waals surface area (Å²) < 4.78 is 0. The third kappa shape index (κ3) is 718. The maximum Gasteiger partial charge on any atom is 0.126 e. The lowest BCUT2D eigenvalue weighted by Gasteiger charge is -1.56. The van der Waals surface area contributed by atoms with Crippen molar-refractivity contribution in [2.24, 2.45) is 0 Å². The summed E-state index contributed by atoms with van der Waals surface area (Å²) >= 11 is 0. The van der Waals surface area contributed by atoms with Crippen molar-refractivity contribution in [1.29, 1.82) is 0 Å². The number of carbonyl (C=O) groups is 1. The van der Waals surface area contributed by atoms with Gasteiger partial charge in [0.1, 0.15) is 5.78 Å². The van der Waals surface area contributed by atoms with Crippen LogP contribution < -0.4 is 0 Å². The standard InChI is InChI=1S/C3H6O.2ClH/c1-3(2)4;;/h1-2H3;2*1H. The molecule has 0 aromatic carbocycles. The molecule has 0 saturated heterocycles. The van der Waals surface area contributed by atoms with Gasteiger partial charge in [0, 0.05) is 0 Å².